The van der Waals surface area contributed by atoms with E-state index in [1.54, 1.807) is 6.07 Å². The zero-order chi connectivity index (χ0) is 14.8. The van der Waals surface area contributed by atoms with Crippen molar-refractivity contribution >= 4 is 23.2 Å². The molecule has 5 heteroatoms. The molecule has 3 rings (SSSR count). The van der Waals surface area contributed by atoms with Crippen molar-refractivity contribution in [3.05, 3.63) is 58.1 Å². The van der Waals surface area contributed by atoms with Crippen molar-refractivity contribution in [3.63, 3.8) is 0 Å². The van der Waals surface area contributed by atoms with Crippen LogP contribution in [-0.2, 0) is 13.0 Å². The topological polar surface area (TPSA) is 61.4 Å². The van der Waals surface area contributed by atoms with Crippen LogP contribution in [0.15, 0.2) is 36.4 Å². The van der Waals surface area contributed by atoms with Gasteiger partial charge in [0.1, 0.15) is 5.75 Å². The monoisotopic (exact) mass is 302 g/mol. The molecule has 21 heavy (non-hydrogen) atoms. The summed E-state index contributed by atoms with van der Waals surface area (Å²) in [6.45, 7) is 1.77. The number of amides is 1. The van der Waals surface area contributed by atoms with Crippen molar-refractivity contribution < 1.29 is 9.90 Å². The molecule has 0 aliphatic carbocycles. The van der Waals surface area contributed by atoms with Crippen LogP contribution in [0.2, 0.25) is 5.02 Å². The summed E-state index contributed by atoms with van der Waals surface area (Å²) in [6.07, 6.45) is 0.991. The van der Waals surface area contributed by atoms with Crippen molar-refractivity contribution in [3.8, 4) is 5.75 Å². The van der Waals surface area contributed by atoms with Gasteiger partial charge in [0.05, 0.1) is 5.02 Å². The Morgan fingerprint density at radius 2 is 2.05 bits per heavy atom. The number of hydrogen-bond acceptors (Lipinski definition) is 3. The molecule has 108 valence electrons. The van der Waals surface area contributed by atoms with E-state index in [1.807, 2.05) is 18.2 Å². The average molecular weight is 303 g/mol. The highest BCUT2D eigenvalue weighted by Crippen LogP contribution is 2.26. The lowest BCUT2D eigenvalue weighted by atomic mass is 9.98. The molecule has 3 N–H and O–H groups in total. The molecule has 4 nitrogen and oxygen atoms in total. The van der Waals surface area contributed by atoms with Crippen molar-refractivity contribution in [2.24, 2.45) is 0 Å². The third kappa shape index (κ3) is 3.01. The Balaban J connectivity index is 1.80. The van der Waals surface area contributed by atoms with E-state index in [0.717, 1.165) is 25.1 Å². The van der Waals surface area contributed by atoms with E-state index < -0.39 is 0 Å². The number of carbonyl (C=O) groups is 1. The first-order valence-corrected chi connectivity index (χ1v) is 7.13. The third-order valence-electron chi connectivity index (χ3n) is 3.56. The highest BCUT2D eigenvalue weighted by Gasteiger charge is 2.13. The van der Waals surface area contributed by atoms with Crippen LogP contribution in [0.25, 0.3) is 0 Å². The van der Waals surface area contributed by atoms with Gasteiger partial charge in [-0.3, -0.25) is 4.79 Å². The van der Waals surface area contributed by atoms with Gasteiger partial charge in [-0.25, -0.2) is 0 Å². The Morgan fingerprint density at radius 3 is 2.86 bits per heavy atom. The minimum Gasteiger partial charge on any atom is -0.506 e. The molecule has 0 bridgehead atoms. The molecule has 0 saturated carbocycles. The van der Waals surface area contributed by atoms with E-state index >= 15 is 0 Å². The lowest BCUT2D eigenvalue weighted by Crippen LogP contribution is -2.24. The van der Waals surface area contributed by atoms with Crippen LogP contribution < -0.4 is 10.6 Å². The summed E-state index contributed by atoms with van der Waals surface area (Å²) in [6, 6.07) is 10.3. The van der Waals surface area contributed by atoms with Gasteiger partial charge < -0.3 is 15.7 Å². The number of phenolic OH excluding ortho intramolecular Hbond substituents is 1. The van der Waals surface area contributed by atoms with E-state index in [-0.39, 0.29) is 16.7 Å². The molecule has 0 aromatic heterocycles. The Kier molecular flexibility index (Phi) is 3.82. The van der Waals surface area contributed by atoms with E-state index in [2.05, 4.69) is 10.6 Å². The fourth-order valence-corrected chi connectivity index (χ4v) is 2.59. The molecule has 0 saturated heterocycles. The zero-order valence-corrected chi connectivity index (χ0v) is 12.1. The van der Waals surface area contributed by atoms with Crippen LogP contribution in [0.4, 0.5) is 5.69 Å². The minimum absolute atomic E-state index is 0.00507. The average Bonchev–Trinajstić information content (AvgIpc) is 2.50. The van der Waals surface area contributed by atoms with Gasteiger partial charge in [0, 0.05) is 17.8 Å². The molecule has 1 heterocycles. The van der Waals surface area contributed by atoms with Crippen molar-refractivity contribution in [1.82, 2.24) is 5.32 Å². The van der Waals surface area contributed by atoms with E-state index in [0.29, 0.717) is 11.3 Å². The Bertz CT molecular complexity index is 701. The number of carbonyl (C=O) groups excluding carboxylic acids is 1. The highest BCUT2D eigenvalue weighted by molar-refractivity contribution is 6.32. The number of anilines is 1. The van der Waals surface area contributed by atoms with Gasteiger partial charge in [0.15, 0.2) is 0 Å². The van der Waals surface area contributed by atoms with Crippen LogP contribution in [0.3, 0.4) is 0 Å². The van der Waals surface area contributed by atoms with E-state index in [9.17, 15) is 9.90 Å². The second-order valence-electron chi connectivity index (χ2n) is 5.03. The molecular weight excluding hydrogens is 288 g/mol. The van der Waals surface area contributed by atoms with Gasteiger partial charge in [-0.15, -0.1) is 0 Å². The van der Waals surface area contributed by atoms with Crippen LogP contribution >= 0.6 is 11.6 Å². The lowest BCUT2D eigenvalue weighted by Gasteiger charge is -2.17. The highest BCUT2D eigenvalue weighted by atomic mass is 35.5. The summed E-state index contributed by atoms with van der Waals surface area (Å²) < 4.78 is 0. The van der Waals surface area contributed by atoms with E-state index in [4.69, 9.17) is 11.6 Å². The van der Waals surface area contributed by atoms with Gasteiger partial charge in [-0.1, -0.05) is 17.7 Å². The number of rotatable bonds is 2. The summed E-state index contributed by atoms with van der Waals surface area (Å²) >= 11 is 5.83. The second kappa shape index (κ2) is 5.76. The summed E-state index contributed by atoms with van der Waals surface area (Å²) in [5.41, 5.74) is 3.62. The maximum Gasteiger partial charge on any atom is 0.255 e. The molecule has 0 spiro atoms. The summed E-state index contributed by atoms with van der Waals surface area (Å²) in [5.74, 6) is -0.195. The van der Waals surface area contributed by atoms with Gasteiger partial charge in [0.25, 0.3) is 5.91 Å². The smallest absolute Gasteiger partial charge is 0.255 e. The van der Waals surface area contributed by atoms with Gasteiger partial charge in [0.2, 0.25) is 0 Å². The molecule has 1 amide bonds. The fourth-order valence-electron chi connectivity index (χ4n) is 2.41. The first-order chi connectivity index (χ1) is 10.1. The summed E-state index contributed by atoms with van der Waals surface area (Å²) in [7, 11) is 0. The molecule has 1 aliphatic rings. The fraction of sp³-hybridized carbons (Fsp3) is 0.188. The SMILES string of the molecule is O=C(Nc1ccc(O)c(Cl)c1)c1ccc2c(c1)CNCC2. The van der Waals surface area contributed by atoms with Crippen LogP contribution in [0.5, 0.6) is 5.75 Å². The minimum atomic E-state index is -0.190. The summed E-state index contributed by atoms with van der Waals surface area (Å²) in [4.78, 5) is 12.3. The molecule has 2 aromatic carbocycles. The maximum atomic E-state index is 12.3. The number of nitrogens with one attached hydrogen (secondary N) is 2. The van der Waals surface area contributed by atoms with Gasteiger partial charge in [-0.2, -0.15) is 0 Å². The van der Waals surface area contributed by atoms with Gasteiger partial charge >= 0.3 is 0 Å². The number of aromatic hydroxyl groups is 1. The molecule has 0 atom stereocenters. The second-order valence-corrected chi connectivity index (χ2v) is 5.44. The molecule has 0 unspecified atom stereocenters. The first-order valence-electron chi connectivity index (χ1n) is 6.76. The third-order valence-corrected chi connectivity index (χ3v) is 3.86. The number of hydrogen-bond donors (Lipinski definition) is 3. The Hall–Kier alpha value is -2.04. The van der Waals surface area contributed by atoms with Crippen molar-refractivity contribution in [2.75, 3.05) is 11.9 Å². The number of phenols is 1. The number of benzene rings is 2. The quantitative estimate of drug-likeness (QED) is 0.748. The zero-order valence-electron chi connectivity index (χ0n) is 11.3. The normalized spacial score (nSPS) is 13.6. The van der Waals surface area contributed by atoms with Crippen LogP contribution in [0.1, 0.15) is 21.5 Å². The van der Waals surface area contributed by atoms with Crippen molar-refractivity contribution in [1.29, 1.82) is 0 Å². The first kappa shape index (κ1) is 13.9. The molecule has 0 fully saturated rings. The summed E-state index contributed by atoms with van der Waals surface area (Å²) in [5, 5.41) is 15.7. The lowest BCUT2D eigenvalue weighted by molar-refractivity contribution is 0.102. The maximum absolute atomic E-state index is 12.3. The molecule has 2 aromatic rings. The standard InChI is InChI=1S/C16H15ClN2O2/c17-14-8-13(3-4-15(14)20)19-16(21)11-2-1-10-5-6-18-9-12(10)7-11/h1-4,7-8,18,20H,5-6,9H2,(H,19,21). The predicted octanol–water partition coefficient (Wildman–Crippen LogP) is 2.94. The van der Waals surface area contributed by atoms with Gasteiger partial charge in [-0.05, 0) is 54.4 Å². The molecular formula is C16H15ClN2O2. The van der Waals surface area contributed by atoms with Crippen molar-refractivity contribution in [2.45, 2.75) is 13.0 Å². The predicted molar refractivity (Wildman–Crippen MR) is 82.9 cm³/mol. The largest absolute Gasteiger partial charge is 0.506 e. The van der Waals surface area contributed by atoms with Crippen LogP contribution in [-0.4, -0.2) is 17.6 Å². The van der Waals surface area contributed by atoms with E-state index in [1.165, 1.54) is 17.7 Å². The molecule has 0 radical (unpaired) electrons. The Morgan fingerprint density at radius 1 is 1.19 bits per heavy atom. The number of fused-ring (bicyclic) bond motifs is 1. The number of halogens is 1. The van der Waals surface area contributed by atoms with Crippen LogP contribution in [0, 0.1) is 0 Å². The molecule has 1 aliphatic heterocycles. The Labute approximate surface area is 127 Å².